The minimum Gasteiger partial charge on any atom is -0.388 e. The molecule has 2 aromatic rings. The van der Waals surface area contributed by atoms with Crippen LogP contribution in [0.2, 0.25) is 0 Å². The molecule has 2 N–H and O–H groups in total. The van der Waals surface area contributed by atoms with Crippen LogP contribution in [0.15, 0.2) is 59.5 Å². The van der Waals surface area contributed by atoms with Gasteiger partial charge in [-0.05, 0) is 31.5 Å². The van der Waals surface area contributed by atoms with Crippen LogP contribution in [0.5, 0.6) is 0 Å². The van der Waals surface area contributed by atoms with Crippen molar-refractivity contribution in [3.8, 4) is 0 Å². The maximum absolute atomic E-state index is 12.7. The molecular formula is C21H25NO6S. The van der Waals surface area contributed by atoms with E-state index < -0.39 is 34.7 Å². The van der Waals surface area contributed by atoms with Crippen LogP contribution in [-0.2, 0) is 23.8 Å². The summed E-state index contributed by atoms with van der Waals surface area (Å²) in [5, 5.41) is 14.3. The van der Waals surface area contributed by atoms with Crippen LogP contribution >= 0.6 is 0 Å². The van der Waals surface area contributed by atoms with Crippen molar-refractivity contribution < 1.29 is 27.2 Å². The Balaban J connectivity index is 1.52. The summed E-state index contributed by atoms with van der Waals surface area (Å²) in [5.74, 6) is 0. The standard InChI is InChI=1S/C21H25NO6S/c1-13-8-10-16(11-9-13)29(24,25)28-20-19(23)18(17-12-26-21(20)27-17)22-14(2)15-6-4-3-5-7-15/h3-11,14,17-23H,12H2,1-2H3/t14?,17?,18-,19+,20?,21-/m1/s1. The van der Waals surface area contributed by atoms with E-state index in [0.717, 1.165) is 11.1 Å². The van der Waals surface area contributed by atoms with Crippen molar-refractivity contribution in [1.29, 1.82) is 0 Å². The third-order valence-electron chi connectivity index (χ3n) is 5.40. The number of benzene rings is 2. The first-order chi connectivity index (χ1) is 13.8. The van der Waals surface area contributed by atoms with E-state index in [2.05, 4.69) is 5.32 Å². The lowest BCUT2D eigenvalue weighted by Crippen LogP contribution is -2.60. The number of fused-ring (bicyclic) bond motifs is 2. The highest BCUT2D eigenvalue weighted by molar-refractivity contribution is 7.86. The largest absolute Gasteiger partial charge is 0.388 e. The zero-order chi connectivity index (χ0) is 20.6. The van der Waals surface area contributed by atoms with Crippen molar-refractivity contribution in [2.24, 2.45) is 0 Å². The van der Waals surface area contributed by atoms with Crippen LogP contribution in [0.25, 0.3) is 0 Å². The third-order valence-corrected chi connectivity index (χ3v) is 6.72. The number of hydrogen-bond donors (Lipinski definition) is 2. The Hall–Kier alpha value is -1.81. The fraction of sp³-hybridized carbons (Fsp3) is 0.429. The average Bonchev–Trinajstić information content (AvgIpc) is 3.16. The van der Waals surface area contributed by atoms with Gasteiger partial charge >= 0.3 is 0 Å². The Morgan fingerprint density at radius 1 is 1.14 bits per heavy atom. The normalized spacial score (nSPS) is 30.2. The van der Waals surface area contributed by atoms with Gasteiger partial charge in [0, 0.05) is 6.04 Å². The third kappa shape index (κ3) is 4.23. The topological polar surface area (TPSA) is 94.1 Å². The molecule has 156 valence electrons. The number of nitrogens with one attached hydrogen (secondary N) is 1. The first-order valence-corrected chi connectivity index (χ1v) is 11.0. The summed E-state index contributed by atoms with van der Waals surface area (Å²) < 4.78 is 42.2. The highest BCUT2D eigenvalue weighted by Gasteiger charge is 2.52. The van der Waals surface area contributed by atoms with Gasteiger partial charge in [0.15, 0.2) is 12.4 Å². The van der Waals surface area contributed by atoms with Gasteiger partial charge in [0.1, 0.15) is 12.2 Å². The molecule has 0 aromatic heterocycles. The van der Waals surface area contributed by atoms with Gasteiger partial charge in [-0.3, -0.25) is 4.18 Å². The predicted octanol–water partition coefficient (Wildman–Crippen LogP) is 1.90. The monoisotopic (exact) mass is 419 g/mol. The molecule has 7 nitrogen and oxygen atoms in total. The lowest BCUT2D eigenvalue weighted by atomic mass is 9.96. The molecule has 2 aromatic carbocycles. The van der Waals surface area contributed by atoms with Gasteiger partial charge in [-0.25, -0.2) is 0 Å². The molecule has 2 aliphatic rings. The van der Waals surface area contributed by atoms with Gasteiger partial charge in [-0.15, -0.1) is 0 Å². The lowest BCUT2D eigenvalue weighted by Gasteiger charge is -2.39. The molecule has 2 bridgehead atoms. The van der Waals surface area contributed by atoms with Gasteiger partial charge < -0.3 is 19.9 Å². The summed E-state index contributed by atoms with van der Waals surface area (Å²) in [7, 11) is -4.09. The Bertz CT molecular complexity index is 933. The Kier molecular flexibility index (Phi) is 5.74. The molecule has 6 atom stereocenters. The van der Waals surface area contributed by atoms with E-state index in [1.807, 2.05) is 44.2 Å². The van der Waals surface area contributed by atoms with Gasteiger partial charge in [-0.2, -0.15) is 8.42 Å². The highest BCUT2D eigenvalue weighted by atomic mass is 32.2. The Morgan fingerprint density at radius 2 is 1.83 bits per heavy atom. The molecule has 2 aliphatic heterocycles. The molecule has 2 saturated heterocycles. The molecule has 2 fully saturated rings. The lowest BCUT2D eigenvalue weighted by molar-refractivity contribution is -0.193. The van der Waals surface area contributed by atoms with Crippen molar-refractivity contribution >= 4 is 10.1 Å². The molecule has 2 heterocycles. The molecule has 0 aliphatic carbocycles. The molecule has 0 radical (unpaired) electrons. The van der Waals surface area contributed by atoms with Crippen LogP contribution in [0.1, 0.15) is 24.1 Å². The molecule has 0 amide bonds. The minimum atomic E-state index is -4.09. The second-order valence-electron chi connectivity index (χ2n) is 7.52. The van der Waals surface area contributed by atoms with Crippen LogP contribution in [0.4, 0.5) is 0 Å². The van der Waals surface area contributed by atoms with Gasteiger partial charge in [-0.1, -0.05) is 48.0 Å². The van der Waals surface area contributed by atoms with Crippen molar-refractivity contribution in [1.82, 2.24) is 5.32 Å². The van der Waals surface area contributed by atoms with Crippen molar-refractivity contribution in [3.63, 3.8) is 0 Å². The molecule has 3 unspecified atom stereocenters. The summed E-state index contributed by atoms with van der Waals surface area (Å²) in [6.07, 6.45) is -3.60. The quantitative estimate of drug-likeness (QED) is 0.691. The summed E-state index contributed by atoms with van der Waals surface area (Å²) in [6.45, 7) is 4.10. The molecule has 4 rings (SSSR count). The van der Waals surface area contributed by atoms with Gasteiger partial charge in [0.2, 0.25) is 0 Å². The molecule has 0 spiro atoms. The van der Waals surface area contributed by atoms with Crippen molar-refractivity contribution in [2.45, 2.75) is 55.4 Å². The first-order valence-electron chi connectivity index (χ1n) is 9.61. The second-order valence-corrected chi connectivity index (χ2v) is 9.09. The minimum absolute atomic E-state index is 0.0255. The molecule has 0 saturated carbocycles. The zero-order valence-electron chi connectivity index (χ0n) is 16.3. The summed E-state index contributed by atoms with van der Waals surface area (Å²) >= 11 is 0. The first kappa shape index (κ1) is 20.5. The van der Waals surface area contributed by atoms with Crippen LogP contribution in [0, 0.1) is 6.92 Å². The van der Waals surface area contributed by atoms with E-state index in [1.165, 1.54) is 12.1 Å². The van der Waals surface area contributed by atoms with Crippen molar-refractivity contribution in [2.75, 3.05) is 6.61 Å². The number of aliphatic hydroxyl groups is 1. The van der Waals surface area contributed by atoms with E-state index >= 15 is 0 Å². The zero-order valence-corrected chi connectivity index (χ0v) is 17.1. The smallest absolute Gasteiger partial charge is 0.297 e. The summed E-state index contributed by atoms with van der Waals surface area (Å²) in [5.41, 5.74) is 1.98. The van der Waals surface area contributed by atoms with E-state index in [0.29, 0.717) is 0 Å². The van der Waals surface area contributed by atoms with Crippen molar-refractivity contribution in [3.05, 3.63) is 65.7 Å². The molecular weight excluding hydrogens is 394 g/mol. The van der Waals surface area contributed by atoms with E-state index in [-0.39, 0.29) is 23.6 Å². The van der Waals surface area contributed by atoms with E-state index in [1.54, 1.807) is 12.1 Å². The Morgan fingerprint density at radius 3 is 2.52 bits per heavy atom. The number of aryl methyl sites for hydroxylation is 1. The van der Waals surface area contributed by atoms with Gasteiger partial charge in [0.25, 0.3) is 10.1 Å². The molecule has 29 heavy (non-hydrogen) atoms. The number of hydrogen-bond acceptors (Lipinski definition) is 7. The fourth-order valence-corrected chi connectivity index (χ4v) is 4.81. The maximum Gasteiger partial charge on any atom is 0.297 e. The number of aliphatic hydroxyl groups excluding tert-OH is 1. The highest BCUT2D eigenvalue weighted by Crippen LogP contribution is 2.33. The van der Waals surface area contributed by atoms with Crippen LogP contribution in [-0.4, -0.2) is 50.8 Å². The summed E-state index contributed by atoms with van der Waals surface area (Å²) in [4.78, 5) is 0.0255. The fourth-order valence-electron chi connectivity index (χ4n) is 3.73. The number of ether oxygens (including phenoxy) is 2. The SMILES string of the molecule is Cc1ccc(S(=O)(=O)OC2[C@@H]3OCC(O3)[C@@H](NC(C)c3ccccc3)[C@@H]2O)cc1. The number of rotatable bonds is 6. The van der Waals surface area contributed by atoms with Crippen LogP contribution < -0.4 is 5.32 Å². The summed E-state index contributed by atoms with van der Waals surface area (Å²) in [6, 6.07) is 15.5. The predicted molar refractivity (Wildman–Crippen MR) is 106 cm³/mol. The van der Waals surface area contributed by atoms with E-state index in [4.69, 9.17) is 13.7 Å². The molecule has 8 heteroatoms. The average molecular weight is 419 g/mol. The second kappa shape index (κ2) is 8.14. The van der Waals surface area contributed by atoms with Crippen LogP contribution in [0.3, 0.4) is 0 Å². The van der Waals surface area contributed by atoms with E-state index in [9.17, 15) is 13.5 Å². The Labute approximate surface area is 170 Å². The van der Waals surface area contributed by atoms with Gasteiger partial charge in [0.05, 0.1) is 17.5 Å². The maximum atomic E-state index is 12.7.